The zero-order valence-electron chi connectivity index (χ0n) is 19.8. The fourth-order valence-corrected chi connectivity index (χ4v) is 5.52. The topological polar surface area (TPSA) is 107 Å². The first-order valence-corrected chi connectivity index (χ1v) is 12.6. The van der Waals surface area contributed by atoms with Gasteiger partial charge in [0.2, 0.25) is 0 Å². The first kappa shape index (κ1) is 24.3. The zero-order chi connectivity index (χ0) is 24.2. The van der Waals surface area contributed by atoms with Crippen LogP contribution in [0.15, 0.2) is 46.8 Å². The first-order chi connectivity index (χ1) is 16.4. The number of benzene rings is 1. The number of nitrogens with one attached hydrogen (secondary N) is 2. The standard InChI is InChI=1S/C26H32N6OS/c1-16(13-29-25(33)18(3)34-26-20(11-27)5-4-17(2)30-26)19-6-9-24(21(10-19)12-28)32-14-22-7-8-23(15-32)31-22/h4-6,9-10,16,22-23,31H,3,7-8,11,13-15,27H2,1-2H3,(H,29,33)/t16-,22?,23?/m1/s1. The van der Waals surface area contributed by atoms with Crippen LogP contribution in [0.1, 0.15) is 48.1 Å². The van der Waals surface area contributed by atoms with E-state index in [-0.39, 0.29) is 11.8 Å². The van der Waals surface area contributed by atoms with Crippen molar-refractivity contribution in [1.29, 1.82) is 5.26 Å². The van der Waals surface area contributed by atoms with E-state index in [2.05, 4.69) is 45.3 Å². The highest BCUT2D eigenvalue weighted by molar-refractivity contribution is 8.04. The highest BCUT2D eigenvalue weighted by Gasteiger charge is 2.33. The minimum atomic E-state index is -0.225. The fourth-order valence-electron chi connectivity index (χ4n) is 4.65. The molecule has 2 saturated heterocycles. The number of hydrogen-bond donors (Lipinski definition) is 3. The number of anilines is 1. The van der Waals surface area contributed by atoms with Crippen LogP contribution in [-0.2, 0) is 11.3 Å². The van der Waals surface area contributed by atoms with Gasteiger partial charge in [-0.1, -0.05) is 37.4 Å². The number of piperazine rings is 1. The molecule has 0 radical (unpaired) electrons. The van der Waals surface area contributed by atoms with Gasteiger partial charge in [-0.3, -0.25) is 4.79 Å². The van der Waals surface area contributed by atoms with Crippen LogP contribution in [-0.4, -0.2) is 42.6 Å². The predicted octanol–water partition coefficient (Wildman–Crippen LogP) is 3.19. The summed E-state index contributed by atoms with van der Waals surface area (Å²) in [6, 6.07) is 13.3. The Morgan fingerprint density at radius 3 is 2.76 bits per heavy atom. The third-order valence-electron chi connectivity index (χ3n) is 6.61. The summed E-state index contributed by atoms with van der Waals surface area (Å²) in [5.41, 5.74) is 10.3. The van der Waals surface area contributed by atoms with E-state index in [0.29, 0.717) is 40.7 Å². The molecule has 2 aliphatic heterocycles. The van der Waals surface area contributed by atoms with Crippen LogP contribution in [0.4, 0.5) is 5.69 Å². The summed E-state index contributed by atoms with van der Waals surface area (Å²) >= 11 is 1.24. The van der Waals surface area contributed by atoms with Crippen molar-refractivity contribution in [2.75, 3.05) is 24.5 Å². The average molecular weight is 477 g/mol. The van der Waals surface area contributed by atoms with E-state index >= 15 is 0 Å². The lowest BCUT2D eigenvalue weighted by Crippen LogP contribution is -2.51. The molecule has 2 fully saturated rings. The van der Waals surface area contributed by atoms with Crippen molar-refractivity contribution >= 4 is 23.4 Å². The van der Waals surface area contributed by atoms with Crippen LogP contribution in [0.2, 0.25) is 0 Å². The second-order valence-corrected chi connectivity index (χ2v) is 10.3. The van der Waals surface area contributed by atoms with Crippen molar-refractivity contribution < 1.29 is 4.79 Å². The van der Waals surface area contributed by atoms with E-state index in [9.17, 15) is 10.1 Å². The lowest BCUT2D eigenvalue weighted by Gasteiger charge is -2.35. The number of nitrogens with zero attached hydrogens (tertiary/aromatic N) is 3. The van der Waals surface area contributed by atoms with Crippen molar-refractivity contribution in [1.82, 2.24) is 15.6 Å². The molecule has 1 aromatic carbocycles. The fraction of sp³-hybridized carbons (Fsp3) is 0.423. The van der Waals surface area contributed by atoms with Gasteiger partial charge in [-0.05, 0) is 55.0 Å². The van der Waals surface area contributed by atoms with Gasteiger partial charge in [0.05, 0.1) is 16.2 Å². The SMILES string of the molecule is C=C(Sc1nc(C)ccc1CN)C(=O)NC[C@@H](C)c1ccc(N2CC3CCC(C2)N3)c(C#N)c1. The average Bonchev–Trinajstić information content (AvgIpc) is 3.19. The largest absolute Gasteiger partial charge is 0.367 e. The van der Waals surface area contributed by atoms with Gasteiger partial charge in [-0.25, -0.2) is 4.98 Å². The highest BCUT2D eigenvalue weighted by atomic mass is 32.2. The van der Waals surface area contributed by atoms with E-state index < -0.39 is 0 Å². The minimum absolute atomic E-state index is 0.0544. The molecule has 3 atom stereocenters. The maximum absolute atomic E-state index is 12.7. The van der Waals surface area contributed by atoms with E-state index in [1.807, 2.05) is 32.0 Å². The molecule has 1 amide bonds. The van der Waals surface area contributed by atoms with Crippen molar-refractivity contribution in [3.63, 3.8) is 0 Å². The van der Waals surface area contributed by atoms with E-state index in [1.54, 1.807) is 0 Å². The van der Waals surface area contributed by atoms with Gasteiger partial charge < -0.3 is 21.3 Å². The number of thioether (sulfide) groups is 1. The van der Waals surface area contributed by atoms with Crippen molar-refractivity contribution in [2.24, 2.45) is 5.73 Å². The summed E-state index contributed by atoms with van der Waals surface area (Å²) < 4.78 is 0. The normalized spacial score (nSPS) is 20.0. The van der Waals surface area contributed by atoms with Crippen LogP contribution >= 0.6 is 11.8 Å². The molecule has 3 heterocycles. The lowest BCUT2D eigenvalue weighted by molar-refractivity contribution is -0.116. The monoisotopic (exact) mass is 476 g/mol. The van der Waals surface area contributed by atoms with Gasteiger partial charge in [-0.15, -0.1) is 0 Å². The minimum Gasteiger partial charge on any atom is -0.367 e. The molecular weight excluding hydrogens is 444 g/mol. The Morgan fingerprint density at radius 1 is 1.35 bits per heavy atom. The first-order valence-electron chi connectivity index (χ1n) is 11.7. The molecular formula is C26H32N6OS. The van der Waals surface area contributed by atoms with E-state index in [1.165, 1.54) is 24.6 Å². The molecule has 34 heavy (non-hydrogen) atoms. The van der Waals surface area contributed by atoms with Gasteiger partial charge in [0.15, 0.2) is 0 Å². The molecule has 4 N–H and O–H groups in total. The molecule has 7 nitrogen and oxygen atoms in total. The van der Waals surface area contributed by atoms with Crippen LogP contribution in [0, 0.1) is 18.3 Å². The Kier molecular flexibility index (Phi) is 7.57. The molecule has 1 aromatic heterocycles. The zero-order valence-corrected chi connectivity index (χ0v) is 20.6. The van der Waals surface area contributed by atoms with Gasteiger partial charge in [-0.2, -0.15) is 5.26 Å². The number of hydrogen-bond acceptors (Lipinski definition) is 7. The number of fused-ring (bicyclic) bond motifs is 2. The second-order valence-electron chi connectivity index (χ2n) is 9.19. The van der Waals surface area contributed by atoms with Crippen LogP contribution in [0.25, 0.3) is 0 Å². The van der Waals surface area contributed by atoms with Crippen molar-refractivity contribution in [3.05, 3.63) is 64.2 Å². The predicted molar refractivity (Wildman–Crippen MR) is 137 cm³/mol. The Morgan fingerprint density at radius 2 is 2.09 bits per heavy atom. The molecule has 2 aliphatic rings. The number of carbonyl (C=O) groups excluding carboxylic acids is 1. The number of pyridine rings is 1. The van der Waals surface area contributed by atoms with Crippen LogP contribution in [0.3, 0.4) is 0 Å². The summed E-state index contributed by atoms with van der Waals surface area (Å²) in [6.07, 6.45) is 2.41. The van der Waals surface area contributed by atoms with E-state index in [0.717, 1.165) is 35.6 Å². The maximum Gasteiger partial charge on any atom is 0.257 e. The lowest BCUT2D eigenvalue weighted by atomic mass is 9.97. The van der Waals surface area contributed by atoms with Crippen molar-refractivity contribution in [2.45, 2.75) is 56.3 Å². The molecule has 178 valence electrons. The molecule has 0 aliphatic carbocycles. The molecule has 0 saturated carbocycles. The Labute approximate surface area is 205 Å². The molecule has 8 heteroatoms. The van der Waals surface area contributed by atoms with Crippen LogP contribution < -0.4 is 21.3 Å². The number of nitriles is 1. The van der Waals surface area contributed by atoms with Gasteiger partial charge in [0, 0.05) is 44.0 Å². The summed E-state index contributed by atoms with van der Waals surface area (Å²) in [4.78, 5) is 19.9. The molecule has 4 rings (SSSR count). The second kappa shape index (κ2) is 10.6. The number of rotatable bonds is 8. The molecule has 2 unspecified atom stereocenters. The number of aryl methyl sites for hydroxylation is 1. The Bertz CT molecular complexity index is 1110. The summed E-state index contributed by atoms with van der Waals surface area (Å²) in [6.45, 7) is 10.6. The highest BCUT2D eigenvalue weighted by Crippen LogP contribution is 2.30. The molecule has 0 spiro atoms. The summed E-state index contributed by atoms with van der Waals surface area (Å²) in [5, 5.41) is 17.1. The molecule has 2 bridgehead atoms. The summed E-state index contributed by atoms with van der Waals surface area (Å²) in [5.74, 6) is -0.171. The number of carbonyl (C=O) groups is 1. The van der Waals surface area contributed by atoms with Crippen LogP contribution in [0.5, 0.6) is 0 Å². The van der Waals surface area contributed by atoms with Crippen molar-refractivity contribution in [3.8, 4) is 6.07 Å². The third kappa shape index (κ3) is 5.44. The summed E-state index contributed by atoms with van der Waals surface area (Å²) in [7, 11) is 0. The Balaban J connectivity index is 1.36. The van der Waals surface area contributed by atoms with E-state index in [4.69, 9.17) is 5.73 Å². The number of amides is 1. The Hall–Kier alpha value is -2.86. The quantitative estimate of drug-likeness (QED) is 0.397. The van der Waals surface area contributed by atoms with Gasteiger partial charge in [0.1, 0.15) is 11.1 Å². The third-order valence-corrected chi connectivity index (χ3v) is 7.59. The van der Waals surface area contributed by atoms with Gasteiger partial charge >= 0.3 is 0 Å². The number of aromatic nitrogens is 1. The van der Waals surface area contributed by atoms with Gasteiger partial charge in [0.25, 0.3) is 5.91 Å². The smallest absolute Gasteiger partial charge is 0.257 e. The maximum atomic E-state index is 12.7. The number of nitrogens with two attached hydrogens (primary N) is 1. The molecule has 2 aromatic rings.